The SMILES string of the molecule is CCCCCCc1c2n(c3ccccc13)C(=O)CCC2. The Morgan fingerprint density at radius 1 is 1.10 bits per heavy atom. The van der Waals surface area contributed by atoms with E-state index in [2.05, 4.69) is 25.1 Å². The van der Waals surface area contributed by atoms with Gasteiger partial charge < -0.3 is 0 Å². The van der Waals surface area contributed by atoms with Crippen LogP contribution in [0.5, 0.6) is 0 Å². The summed E-state index contributed by atoms with van der Waals surface area (Å²) < 4.78 is 1.99. The third kappa shape index (κ3) is 2.28. The number of unbranched alkanes of at least 4 members (excludes halogenated alkanes) is 3. The van der Waals surface area contributed by atoms with Crippen molar-refractivity contribution >= 4 is 16.8 Å². The summed E-state index contributed by atoms with van der Waals surface area (Å²) in [5.74, 6) is 0.280. The molecule has 106 valence electrons. The third-order valence-corrected chi connectivity index (χ3v) is 4.42. The number of rotatable bonds is 5. The van der Waals surface area contributed by atoms with Gasteiger partial charge in [0, 0.05) is 17.5 Å². The van der Waals surface area contributed by atoms with Gasteiger partial charge >= 0.3 is 0 Å². The highest BCUT2D eigenvalue weighted by atomic mass is 16.2. The molecule has 0 radical (unpaired) electrons. The van der Waals surface area contributed by atoms with E-state index in [1.54, 1.807) is 0 Å². The van der Waals surface area contributed by atoms with Crippen molar-refractivity contribution in [2.24, 2.45) is 0 Å². The van der Waals surface area contributed by atoms with Crippen LogP contribution in [0, 0.1) is 0 Å². The molecule has 0 spiro atoms. The molecule has 0 atom stereocenters. The number of benzene rings is 1. The lowest BCUT2D eigenvalue weighted by atomic mass is 9.99. The van der Waals surface area contributed by atoms with Gasteiger partial charge in [-0.25, -0.2) is 0 Å². The monoisotopic (exact) mass is 269 g/mol. The maximum atomic E-state index is 12.3. The predicted octanol–water partition coefficient (Wildman–Crippen LogP) is 4.74. The molecule has 3 rings (SSSR count). The number of carbonyl (C=O) groups excluding carboxylic acids is 1. The molecule has 1 aliphatic heterocycles. The van der Waals surface area contributed by atoms with E-state index in [0.717, 1.165) is 24.8 Å². The Hall–Kier alpha value is -1.57. The highest BCUT2D eigenvalue weighted by Crippen LogP contribution is 2.31. The van der Waals surface area contributed by atoms with Gasteiger partial charge in [0.25, 0.3) is 0 Å². The summed E-state index contributed by atoms with van der Waals surface area (Å²) >= 11 is 0. The Balaban J connectivity index is 2.00. The molecule has 0 saturated heterocycles. The smallest absolute Gasteiger partial charge is 0.231 e. The van der Waals surface area contributed by atoms with Crippen LogP contribution >= 0.6 is 0 Å². The van der Waals surface area contributed by atoms with E-state index in [1.165, 1.54) is 42.3 Å². The van der Waals surface area contributed by atoms with Gasteiger partial charge in [0.2, 0.25) is 5.91 Å². The van der Waals surface area contributed by atoms with Crippen LogP contribution in [0.4, 0.5) is 0 Å². The number of nitrogens with zero attached hydrogens (tertiary/aromatic N) is 1. The topological polar surface area (TPSA) is 22.0 Å². The molecule has 1 aliphatic rings. The lowest BCUT2D eigenvalue weighted by molar-refractivity contribution is 0.0889. The first-order chi connectivity index (χ1) is 9.83. The summed E-state index contributed by atoms with van der Waals surface area (Å²) in [5.41, 5.74) is 3.85. The zero-order valence-corrected chi connectivity index (χ0v) is 12.3. The number of hydrogen-bond donors (Lipinski definition) is 0. The highest BCUT2D eigenvalue weighted by Gasteiger charge is 2.23. The molecule has 0 bridgehead atoms. The second-order valence-corrected chi connectivity index (χ2v) is 5.84. The molecule has 2 aromatic rings. The Labute approximate surface area is 120 Å². The van der Waals surface area contributed by atoms with Crippen molar-refractivity contribution in [3.05, 3.63) is 35.5 Å². The Bertz CT molecular complexity index is 624. The first-order valence-electron chi connectivity index (χ1n) is 7.97. The summed E-state index contributed by atoms with van der Waals surface area (Å²) in [6.45, 7) is 2.24. The number of para-hydroxylation sites is 1. The normalized spacial score (nSPS) is 14.8. The van der Waals surface area contributed by atoms with Crippen LogP contribution in [0.3, 0.4) is 0 Å². The van der Waals surface area contributed by atoms with Crippen molar-refractivity contribution in [3.63, 3.8) is 0 Å². The lowest BCUT2D eigenvalue weighted by Crippen LogP contribution is -2.19. The first-order valence-corrected chi connectivity index (χ1v) is 7.97. The van der Waals surface area contributed by atoms with E-state index in [-0.39, 0.29) is 5.91 Å². The largest absolute Gasteiger partial charge is 0.284 e. The van der Waals surface area contributed by atoms with Crippen LogP contribution < -0.4 is 0 Å². The Morgan fingerprint density at radius 2 is 1.95 bits per heavy atom. The Morgan fingerprint density at radius 3 is 2.80 bits per heavy atom. The molecule has 20 heavy (non-hydrogen) atoms. The minimum atomic E-state index is 0.280. The summed E-state index contributed by atoms with van der Waals surface area (Å²) in [6, 6.07) is 8.41. The molecule has 2 nitrogen and oxygen atoms in total. The van der Waals surface area contributed by atoms with Crippen molar-refractivity contribution in [2.75, 3.05) is 0 Å². The second kappa shape index (κ2) is 5.82. The van der Waals surface area contributed by atoms with E-state index < -0.39 is 0 Å². The molecule has 2 heterocycles. The van der Waals surface area contributed by atoms with Gasteiger partial charge in [-0.3, -0.25) is 9.36 Å². The molecule has 0 aliphatic carbocycles. The first kappa shape index (κ1) is 13.4. The third-order valence-electron chi connectivity index (χ3n) is 4.42. The molecule has 0 unspecified atom stereocenters. The standard InChI is InChI=1S/C18H23NO/c1-2-3-4-5-9-14-15-10-6-7-11-16(15)19-17(14)12-8-13-18(19)20/h6-7,10-11H,2-5,8-9,12-13H2,1H3. The fourth-order valence-corrected chi connectivity index (χ4v) is 3.43. The average Bonchev–Trinajstić information content (AvgIpc) is 2.79. The van der Waals surface area contributed by atoms with Crippen LogP contribution in [0.2, 0.25) is 0 Å². The molecule has 0 N–H and O–H groups in total. The van der Waals surface area contributed by atoms with E-state index in [9.17, 15) is 4.79 Å². The summed E-state index contributed by atoms with van der Waals surface area (Å²) in [6.07, 6.45) is 9.00. The van der Waals surface area contributed by atoms with Crippen LogP contribution in [0.1, 0.15) is 61.5 Å². The predicted molar refractivity (Wildman–Crippen MR) is 83.3 cm³/mol. The average molecular weight is 269 g/mol. The van der Waals surface area contributed by atoms with Crippen molar-refractivity contribution in [1.29, 1.82) is 0 Å². The zero-order chi connectivity index (χ0) is 13.9. The molecule has 1 aromatic heterocycles. The summed E-state index contributed by atoms with van der Waals surface area (Å²) in [7, 11) is 0. The van der Waals surface area contributed by atoms with Crippen molar-refractivity contribution in [2.45, 2.75) is 58.3 Å². The molecule has 1 aromatic carbocycles. The fourth-order valence-electron chi connectivity index (χ4n) is 3.43. The maximum Gasteiger partial charge on any atom is 0.231 e. The second-order valence-electron chi connectivity index (χ2n) is 5.84. The number of hydrogen-bond acceptors (Lipinski definition) is 1. The van der Waals surface area contributed by atoms with Gasteiger partial charge in [0.05, 0.1) is 5.52 Å². The van der Waals surface area contributed by atoms with Crippen LogP contribution in [0.25, 0.3) is 10.9 Å². The van der Waals surface area contributed by atoms with Crippen molar-refractivity contribution < 1.29 is 4.79 Å². The van der Waals surface area contributed by atoms with Crippen LogP contribution in [-0.2, 0) is 12.8 Å². The number of carbonyl (C=O) groups is 1. The summed E-state index contributed by atoms with van der Waals surface area (Å²) in [4.78, 5) is 12.3. The molecule has 0 amide bonds. The van der Waals surface area contributed by atoms with Gasteiger partial charge in [-0.1, -0.05) is 44.4 Å². The minimum absolute atomic E-state index is 0.280. The zero-order valence-electron chi connectivity index (χ0n) is 12.3. The van der Waals surface area contributed by atoms with Crippen LogP contribution in [-0.4, -0.2) is 10.5 Å². The van der Waals surface area contributed by atoms with E-state index in [0.29, 0.717) is 6.42 Å². The van der Waals surface area contributed by atoms with Gasteiger partial charge in [0.1, 0.15) is 0 Å². The van der Waals surface area contributed by atoms with Crippen LogP contribution in [0.15, 0.2) is 24.3 Å². The molecule has 0 fully saturated rings. The molecular weight excluding hydrogens is 246 g/mol. The number of fused-ring (bicyclic) bond motifs is 3. The van der Waals surface area contributed by atoms with E-state index >= 15 is 0 Å². The Kier molecular flexibility index (Phi) is 3.90. The number of aromatic nitrogens is 1. The van der Waals surface area contributed by atoms with Gasteiger partial charge in [-0.2, -0.15) is 0 Å². The number of aryl methyl sites for hydroxylation is 1. The molecule has 2 heteroatoms. The van der Waals surface area contributed by atoms with Crippen molar-refractivity contribution in [3.8, 4) is 0 Å². The highest BCUT2D eigenvalue weighted by molar-refractivity contribution is 5.96. The summed E-state index contributed by atoms with van der Waals surface area (Å²) in [5, 5.41) is 1.30. The fraction of sp³-hybridized carbons (Fsp3) is 0.500. The maximum absolute atomic E-state index is 12.3. The molecular formula is C18H23NO. The van der Waals surface area contributed by atoms with Gasteiger partial charge in [-0.15, -0.1) is 0 Å². The minimum Gasteiger partial charge on any atom is -0.284 e. The van der Waals surface area contributed by atoms with E-state index in [4.69, 9.17) is 0 Å². The van der Waals surface area contributed by atoms with Crippen molar-refractivity contribution in [1.82, 2.24) is 4.57 Å². The van der Waals surface area contributed by atoms with Gasteiger partial charge in [0.15, 0.2) is 0 Å². The molecule has 0 saturated carbocycles. The van der Waals surface area contributed by atoms with Gasteiger partial charge in [-0.05, 0) is 37.3 Å². The lowest BCUT2D eigenvalue weighted by Gasteiger charge is -2.16. The quantitative estimate of drug-likeness (QED) is 0.718. The van der Waals surface area contributed by atoms with E-state index in [1.807, 2.05) is 10.6 Å².